The van der Waals surface area contributed by atoms with E-state index in [1.54, 1.807) is 6.54 Å². The molecule has 0 radical (unpaired) electrons. The Bertz CT molecular complexity index is 250. The molecule has 1 aliphatic rings. The van der Waals surface area contributed by atoms with Crippen molar-refractivity contribution in [3.05, 3.63) is 6.54 Å². The minimum atomic E-state index is -0.595. The second-order valence-corrected chi connectivity index (χ2v) is 4.79. The molecule has 0 N–H and O–H groups in total. The molecule has 98 valence electrons. The standard InChI is InChI=1S/C10H18NO3.CHO.W/c1-9(2,3)14-8(12)11-6-7-13-10(11,4)5;1-2;/h6H,7H2,1-5H3;1H;/q2*-1;+2. The molecular weight excluding hydrogens is 394 g/mol. The molecule has 0 aliphatic carbocycles. The third kappa shape index (κ3) is 6.18. The molecule has 17 heavy (non-hydrogen) atoms. The molecular formula is C11H19NO4W. The van der Waals surface area contributed by atoms with Crippen LogP contribution in [0.15, 0.2) is 0 Å². The summed E-state index contributed by atoms with van der Waals surface area (Å²) in [5.41, 5.74) is -1.06. The molecule has 1 aliphatic heterocycles. The van der Waals surface area contributed by atoms with Crippen molar-refractivity contribution in [3.63, 3.8) is 0 Å². The van der Waals surface area contributed by atoms with Gasteiger partial charge in [0.05, 0.1) is 0 Å². The van der Waals surface area contributed by atoms with Crippen LogP contribution in [-0.4, -0.2) is 35.7 Å². The topological polar surface area (TPSA) is 55.8 Å². The molecule has 6 heteroatoms. The minimum Gasteiger partial charge on any atom is -0.545 e. The van der Waals surface area contributed by atoms with Crippen molar-refractivity contribution in [1.29, 1.82) is 0 Å². The molecule has 1 heterocycles. The summed E-state index contributed by atoms with van der Waals surface area (Å²) in [5.74, 6) is 0. The first kappa shape index (κ1) is 18.9. The SMILES string of the molecule is CC(C)(C)OC(=O)N1[CH-]COC1(C)C.[CH-]=O.[W+2]. The number of amides is 1. The Morgan fingerprint density at radius 3 is 2.18 bits per heavy atom. The van der Waals surface area contributed by atoms with Crippen LogP contribution in [0.1, 0.15) is 34.6 Å². The van der Waals surface area contributed by atoms with Crippen LogP contribution in [0.5, 0.6) is 0 Å². The summed E-state index contributed by atoms with van der Waals surface area (Å²) in [6.07, 6.45) is -0.361. The van der Waals surface area contributed by atoms with Gasteiger partial charge >= 0.3 is 27.2 Å². The summed E-state index contributed by atoms with van der Waals surface area (Å²) in [6, 6.07) is 0. The molecule has 1 saturated heterocycles. The molecule has 0 spiro atoms. The van der Waals surface area contributed by atoms with Crippen molar-refractivity contribution in [2.24, 2.45) is 0 Å². The Labute approximate surface area is 117 Å². The van der Waals surface area contributed by atoms with Crippen molar-refractivity contribution in [3.8, 4) is 0 Å². The molecule has 0 bridgehead atoms. The third-order valence-corrected chi connectivity index (χ3v) is 1.86. The molecule has 0 atom stereocenters. The van der Waals surface area contributed by atoms with Crippen molar-refractivity contribution < 1.29 is 40.1 Å². The van der Waals surface area contributed by atoms with Gasteiger partial charge in [-0.1, -0.05) is 6.61 Å². The van der Waals surface area contributed by atoms with Crippen LogP contribution in [0.2, 0.25) is 0 Å². The molecule has 5 nitrogen and oxygen atoms in total. The quantitative estimate of drug-likeness (QED) is 0.450. The predicted molar refractivity (Wildman–Crippen MR) is 59.2 cm³/mol. The number of carbonyl (C=O) groups excluding carboxylic acids is 2. The van der Waals surface area contributed by atoms with Gasteiger partial charge in [0, 0.05) is 0 Å². The van der Waals surface area contributed by atoms with Gasteiger partial charge in [0.25, 0.3) is 0 Å². The van der Waals surface area contributed by atoms with Crippen LogP contribution >= 0.6 is 0 Å². The summed E-state index contributed by atoms with van der Waals surface area (Å²) in [5, 5.41) is 0. The van der Waals surface area contributed by atoms with E-state index in [0.717, 1.165) is 0 Å². The van der Waals surface area contributed by atoms with Crippen LogP contribution < -0.4 is 0 Å². The van der Waals surface area contributed by atoms with Gasteiger partial charge in [-0.25, -0.2) is 11.3 Å². The average Bonchev–Trinajstić information content (AvgIpc) is 2.46. The van der Waals surface area contributed by atoms with E-state index >= 15 is 0 Å². The van der Waals surface area contributed by atoms with Crippen LogP contribution in [-0.2, 0) is 35.3 Å². The molecule has 0 unspecified atom stereocenters. The maximum absolute atomic E-state index is 11.7. The van der Waals surface area contributed by atoms with Crippen molar-refractivity contribution >= 4 is 12.9 Å². The zero-order chi connectivity index (χ0) is 13.0. The van der Waals surface area contributed by atoms with E-state index in [0.29, 0.717) is 6.61 Å². The normalized spacial score (nSPS) is 17.6. The molecule has 0 aromatic rings. The second-order valence-electron chi connectivity index (χ2n) is 4.79. The number of hydrogen-bond donors (Lipinski definition) is 0. The molecule has 0 aromatic carbocycles. The molecule has 0 saturated carbocycles. The number of nitrogens with zero attached hydrogens (tertiary/aromatic N) is 1. The summed E-state index contributed by atoms with van der Waals surface area (Å²) in [6.45, 7) is 14.6. The molecule has 0 aromatic heterocycles. The average molecular weight is 413 g/mol. The summed E-state index contributed by atoms with van der Waals surface area (Å²) in [7, 11) is 0. The van der Waals surface area contributed by atoms with E-state index in [-0.39, 0.29) is 27.2 Å². The Hall–Kier alpha value is -0.412. The first-order valence-electron chi connectivity index (χ1n) is 4.95. The van der Waals surface area contributed by atoms with E-state index in [1.165, 1.54) is 4.90 Å². The monoisotopic (exact) mass is 413 g/mol. The number of ether oxygens (including phenoxy) is 2. The van der Waals surface area contributed by atoms with Gasteiger partial charge in [-0.3, -0.25) is 6.79 Å². The Morgan fingerprint density at radius 1 is 1.41 bits per heavy atom. The van der Waals surface area contributed by atoms with E-state index in [2.05, 4.69) is 6.79 Å². The van der Waals surface area contributed by atoms with Gasteiger partial charge in [0.15, 0.2) is 0 Å². The van der Waals surface area contributed by atoms with E-state index in [9.17, 15) is 4.79 Å². The van der Waals surface area contributed by atoms with Crippen molar-refractivity contribution in [2.45, 2.75) is 45.9 Å². The first-order chi connectivity index (χ1) is 7.22. The first-order valence-corrected chi connectivity index (χ1v) is 4.95. The molecule has 1 fully saturated rings. The zero-order valence-electron chi connectivity index (χ0n) is 10.9. The van der Waals surface area contributed by atoms with Crippen molar-refractivity contribution in [2.75, 3.05) is 6.61 Å². The zero-order valence-corrected chi connectivity index (χ0v) is 13.8. The number of hydrogen-bond acceptors (Lipinski definition) is 4. The fourth-order valence-electron chi connectivity index (χ4n) is 1.21. The van der Waals surface area contributed by atoms with Crippen LogP contribution in [0.4, 0.5) is 4.79 Å². The minimum absolute atomic E-state index is 0. The Morgan fingerprint density at radius 2 is 1.88 bits per heavy atom. The molecule has 1 amide bonds. The van der Waals surface area contributed by atoms with Gasteiger partial charge in [0.2, 0.25) is 0 Å². The van der Waals surface area contributed by atoms with Crippen LogP contribution in [0.3, 0.4) is 0 Å². The largest absolute Gasteiger partial charge is 2.00 e. The summed E-state index contributed by atoms with van der Waals surface area (Å²) >= 11 is 0. The number of carbonyl (C=O) groups is 1. The summed E-state index contributed by atoms with van der Waals surface area (Å²) in [4.78, 5) is 20.9. The predicted octanol–water partition coefficient (Wildman–Crippen LogP) is 1.87. The van der Waals surface area contributed by atoms with E-state index in [4.69, 9.17) is 14.3 Å². The molecule has 1 rings (SSSR count). The van der Waals surface area contributed by atoms with Gasteiger partial charge in [0.1, 0.15) is 11.3 Å². The van der Waals surface area contributed by atoms with Gasteiger partial charge in [-0.05, 0) is 34.6 Å². The second kappa shape index (κ2) is 7.12. The summed E-state index contributed by atoms with van der Waals surface area (Å²) < 4.78 is 10.6. The van der Waals surface area contributed by atoms with Crippen molar-refractivity contribution in [1.82, 2.24) is 4.90 Å². The fraction of sp³-hybridized carbons (Fsp3) is 0.727. The van der Waals surface area contributed by atoms with Crippen LogP contribution in [0, 0.1) is 6.54 Å². The Kier molecular flexibility index (Phi) is 7.93. The smallest absolute Gasteiger partial charge is 0.545 e. The maximum atomic E-state index is 11.7. The number of rotatable bonds is 0. The third-order valence-electron chi connectivity index (χ3n) is 1.86. The van der Waals surface area contributed by atoms with E-state index in [1.807, 2.05) is 34.6 Å². The van der Waals surface area contributed by atoms with Gasteiger partial charge < -0.3 is 19.2 Å². The maximum Gasteiger partial charge on any atom is 2.00 e. The van der Waals surface area contributed by atoms with Gasteiger partial charge in [-0.15, -0.1) is 0 Å². The Balaban J connectivity index is 0. The van der Waals surface area contributed by atoms with Gasteiger partial charge in [-0.2, -0.15) is 0 Å². The van der Waals surface area contributed by atoms with Crippen LogP contribution in [0.25, 0.3) is 0 Å². The fourth-order valence-corrected chi connectivity index (χ4v) is 1.21. The van der Waals surface area contributed by atoms with E-state index < -0.39 is 11.3 Å².